The Labute approximate surface area is 158 Å². The van der Waals surface area contributed by atoms with Crippen LogP contribution in [0.15, 0.2) is 48.5 Å². The number of nitrogens with one attached hydrogen (secondary N) is 1. The molecule has 2 N–H and O–H groups in total. The number of rotatable bonds is 5. The highest BCUT2D eigenvalue weighted by Crippen LogP contribution is 2.32. The summed E-state index contributed by atoms with van der Waals surface area (Å²) in [6, 6.07) is 14.5. The van der Waals surface area contributed by atoms with Gasteiger partial charge in [-0.1, -0.05) is 36.4 Å². The number of amides is 2. The Balaban J connectivity index is 1.49. The molecule has 0 aromatic heterocycles. The Morgan fingerprint density at radius 3 is 2.81 bits per heavy atom. The molecule has 0 radical (unpaired) electrons. The number of fused-ring (bicyclic) bond motifs is 1. The summed E-state index contributed by atoms with van der Waals surface area (Å²) in [5.74, 6) is 1.01. The van der Waals surface area contributed by atoms with Crippen molar-refractivity contribution < 1.29 is 19.4 Å². The molecule has 2 aliphatic rings. The number of aromatic hydroxyl groups is 1. The number of carbonyl (C=O) groups excluding carboxylic acids is 1. The molecule has 2 heterocycles. The largest absolute Gasteiger partial charge is 0.508 e. The monoisotopic (exact) mass is 368 g/mol. The molecule has 6 nitrogen and oxygen atoms in total. The zero-order valence-electron chi connectivity index (χ0n) is 15.1. The van der Waals surface area contributed by atoms with Gasteiger partial charge in [0.1, 0.15) is 18.1 Å². The van der Waals surface area contributed by atoms with Gasteiger partial charge in [0.25, 0.3) is 0 Å². The van der Waals surface area contributed by atoms with Gasteiger partial charge in [-0.05, 0) is 25.0 Å². The van der Waals surface area contributed by atoms with E-state index in [0.29, 0.717) is 25.3 Å². The number of carbonyl (C=O) groups is 1. The third-order valence-corrected chi connectivity index (χ3v) is 5.09. The summed E-state index contributed by atoms with van der Waals surface area (Å²) in [6.07, 6.45) is 1.99. The highest BCUT2D eigenvalue weighted by atomic mass is 16.5. The second kappa shape index (κ2) is 7.88. The zero-order valence-corrected chi connectivity index (χ0v) is 15.1. The van der Waals surface area contributed by atoms with Crippen LogP contribution in [0.25, 0.3) is 0 Å². The molecule has 2 aromatic rings. The van der Waals surface area contributed by atoms with E-state index in [2.05, 4.69) is 5.32 Å². The molecule has 0 spiro atoms. The van der Waals surface area contributed by atoms with Gasteiger partial charge in [-0.2, -0.15) is 0 Å². The fourth-order valence-electron chi connectivity index (χ4n) is 3.63. The second-order valence-electron chi connectivity index (χ2n) is 7.00. The van der Waals surface area contributed by atoms with Gasteiger partial charge in [-0.25, -0.2) is 4.79 Å². The molecule has 27 heavy (non-hydrogen) atoms. The fourth-order valence-corrected chi connectivity index (χ4v) is 3.63. The van der Waals surface area contributed by atoms with Gasteiger partial charge in [0.2, 0.25) is 0 Å². The van der Waals surface area contributed by atoms with Crippen molar-refractivity contribution in [2.45, 2.75) is 31.5 Å². The summed E-state index contributed by atoms with van der Waals surface area (Å²) in [5, 5.41) is 13.2. The Kier molecular flexibility index (Phi) is 5.16. The van der Waals surface area contributed by atoms with Crippen molar-refractivity contribution in [2.24, 2.45) is 0 Å². The van der Waals surface area contributed by atoms with Gasteiger partial charge in [0.15, 0.2) is 0 Å². The average molecular weight is 368 g/mol. The van der Waals surface area contributed by atoms with Crippen molar-refractivity contribution in [3.8, 4) is 11.5 Å². The van der Waals surface area contributed by atoms with E-state index >= 15 is 0 Å². The van der Waals surface area contributed by atoms with Gasteiger partial charge in [0, 0.05) is 24.3 Å². The number of urea groups is 1. The minimum atomic E-state index is -0.181. The average Bonchev–Trinajstić information content (AvgIpc) is 3.33. The highest BCUT2D eigenvalue weighted by molar-refractivity contribution is 5.75. The molecule has 2 amide bonds. The molecule has 2 aliphatic heterocycles. The molecule has 4 rings (SSSR count). The van der Waals surface area contributed by atoms with Crippen LogP contribution in [0.4, 0.5) is 4.79 Å². The Morgan fingerprint density at radius 2 is 2.00 bits per heavy atom. The van der Waals surface area contributed by atoms with Crippen molar-refractivity contribution in [3.63, 3.8) is 0 Å². The normalized spacial score (nSPS) is 20.7. The topological polar surface area (TPSA) is 71.0 Å². The number of ether oxygens (including phenoxy) is 2. The van der Waals surface area contributed by atoms with Crippen LogP contribution in [0.5, 0.6) is 11.5 Å². The first-order valence-electron chi connectivity index (χ1n) is 9.36. The summed E-state index contributed by atoms with van der Waals surface area (Å²) < 4.78 is 11.4. The zero-order chi connectivity index (χ0) is 18.6. The summed E-state index contributed by atoms with van der Waals surface area (Å²) in [4.78, 5) is 14.7. The molecule has 6 heteroatoms. The third-order valence-electron chi connectivity index (χ3n) is 5.09. The van der Waals surface area contributed by atoms with Crippen molar-refractivity contribution in [1.29, 1.82) is 0 Å². The predicted molar refractivity (Wildman–Crippen MR) is 101 cm³/mol. The lowest BCUT2D eigenvalue weighted by molar-refractivity contribution is 0.0785. The van der Waals surface area contributed by atoms with E-state index in [9.17, 15) is 9.90 Å². The van der Waals surface area contributed by atoms with Crippen molar-refractivity contribution in [1.82, 2.24) is 10.2 Å². The minimum Gasteiger partial charge on any atom is -0.508 e. The lowest BCUT2D eigenvalue weighted by atomic mass is 10.1. The molecule has 1 fully saturated rings. The van der Waals surface area contributed by atoms with Gasteiger partial charge < -0.3 is 24.8 Å². The molecule has 0 bridgehead atoms. The molecular weight excluding hydrogens is 344 g/mol. The maximum absolute atomic E-state index is 13.0. The predicted octanol–water partition coefficient (Wildman–Crippen LogP) is 3.22. The molecule has 142 valence electrons. The van der Waals surface area contributed by atoms with Crippen LogP contribution >= 0.6 is 0 Å². The van der Waals surface area contributed by atoms with E-state index < -0.39 is 0 Å². The van der Waals surface area contributed by atoms with Gasteiger partial charge in [-0.3, -0.25) is 0 Å². The number of benzene rings is 2. The van der Waals surface area contributed by atoms with Gasteiger partial charge in [0.05, 0.1) is 18.7 Å². The van der Waals surface area contributed by atoms with E-state index in [1.807, 2.05) is 36.4 Å². The number of hydrogen-bond acceptors (Lipinski definition) is 4. The van der Waals surface area contributed by atoms with Crippen LogP contribution in [-0.4, -0.2) is 41.9 Å². The smallest absolute Gasteiger partial charge is 0.318 e. The minimum absolute atomic E-state index is 0.0359. The Morgan fingerprint density at radius 1 is 1.19 bits per heavy atom. The molecule has 2 aromatic carbocycles. The Bertz CT molecular complexity index is 804. The third kappa shape index (κ3) is 4.01. The molecular formula is C21H24N2O4. The fraction of sp³-hybridized carbons (Fsp3) is 0.381. The first-order valence-corrected chi connectivity index (χ1v) is 9.36. The number of nitrogens with zero attached hydrogens (tertiary/aromatic N) is 1. The number of hydrogen-bond donors (Lipinski definition) is 2. The lowest BCUT2D eigenvalue weighted by Crippen LogP contribution is -2.44. The SMILES string of the molecule is O=C(N[C@H]1COc2ccccc21)N(Cc1ccccc1O)C[C@H]1CCCO1. The van der Waals surface area contributed by atoms with Gasteiger partial charge >= 0.3 is 6.03 Å². The standard InChI is InChI=1S/C21H24N2O4/c24-19-9-3-1-6-15(19)12-23(13-16-7-5-11-26-16)21(25)22-18-14-27-20-10-4-2-8-17(18)20/h1-4,6,8-10,16,18,24H,5,7,11-14H2,(H,22,25)/t16-,18+/m1/s1. The number of phenols is 1. The van der Waals surface area contributed by atoms with Crippen LogP contribution in [0.2, 0.25) is 0 Å². The van der Waals surface area contributed by atoms with Crippen molar-refractivity contribution in [3.05, 3.63) is 59.7 Å². The van der Waals surface area contributed by atoms with Crippen LogP contribution in [0.3, 0.4) is 0 Å². The van der Waals surface area contributed by atoms with E-state index in [4.69, 9.17) is 9.47 Å². The van der Waals surface area contributed by atoms with E-state index in [0.717, 1.165) is 30.8 Å². The van der Waals surface area contributed by atoms with Crippen LogP contribution < -0.4 is 10.1 Å². The van der Waals surface area contributed by atoms with E-state index in [1.54, 1.807) is 17.0 Å². The molecule has 0 saturated carbocycles. The summed E-state index contributed by atoms with van der Waals surface area (Å²) in [7, 11) is 0. The molecule has 1 saturated heterocycles. The van der Waals surface area contributed by atoms with Crippen LogP contribution in [0, 0.1) is 0 Å². The van der Waals surface area contributed by atoms with E-state index in [-0.39, 0.29) is 23.9 Å². The van der Waals surface area contributed by atoms with Crippen molar-refractivity contribution in [2.75, 3.05) is 19.8 Å². The highest BCUT2D eigenvalue weighted by Gasteiger charge is 2.29. The number of para-hydroxylation sites is 2. The van der Waals surface area contributed by atoms with Crippen LogP contribution in [-0.2, 0) is 11.3 Å². The summed E-state index contributed by atoms with van der Waals surface area (Å²) in [6.45, 7) is 1.99. The van der Waals surface area contributed by atoms with Crippen LogP contribution in [0.1, 0.15) is 30.0 Å². The summed E-state index contributed by atoms with van der Waals surface area (Å²) in [5.41, 5.74) is 1.71. The molecule has 2 atom stereocenters. The van der Waals surface area contributed by atoms with Gasteiger partial charge in [-0.15, -0.1) is 0 Å². The summed E-state index contributed by atoms with van der Waals surface area (Å²) >= 11 is 0. The van der Waals surface area contributed by atoms with E-state index in [1.165, 1.54) is 0 Å². The maximum Gasteiger partial charge on any atom is 0.318 e. The molecule has 0 unspecified atom stereocenters. The first-order chi connectivity index (χ1) is 13.2. The first kappa shape index (κ1) is 17.7. The quantitative estimate of drug-likeness (QED) is 0.850. The second-order valence-corrected chi connectivity index (χ2v) is 7.00. The maximum atomic E-state index is 13.0. The van der Waals surface area contributed by atoms with Crippen molar-refractivity contribution >= 4 is 6.03 Å². The number of phenolic OH excluding ortho intramolecular Hbond substituents is 1. The Hall–Kier alpha value is -2.73. The molecule has 0 aliphatic carbocycles. The lowest BCUT2D eigenvalue weighted by Gasteiger charge is -2.27.